The number of alkyl halides is 1. The van der Waals surface area contributed by atoms with Gasteiger partial charge in [-0.25, -0.2) is 0 Å². The van der Waals surface area contributed by atoms with Crippen molar-refractivity contribution in [1.82, 2.24) is 5.32 Å². The quantitative estimate of drug-likeness (QED) is 0.582. The van der Waals surface area contributed by atoms with E-state index in [2.05, 4.69) is 5.32 Å². The molecule has 0 aliphatic carbocycles. The van der Waals surface area contributed by atoms with Gasteiger partial charge in [0.2, 0.25) is 0 Å². The summed E-state index contributed by atoms with van der Waals surface area (Å²) in [5, 5.41) is 12.4. The van der Waals surface area contributed by atoms with Crippen LogP contribution in [0.15, 0.2) is 18.2 Å². The number of hydrogen-bond acceptors (Lipinski definition) is 4. The first kappa shape index (κ1) is 14.6. The molecule has 6 heteroatoms. The van der Waals surface area contributed by atoms with E-state index in [9.17, 15) is 9.90 Å². The second kappa shape index (κ2) is 7.79. The summed E-state index contributed by atoms with van der Waals surface area (Å²) in [5.74, 6) is 0.144. The molecule has 0 saturated carbocycles. The van der Waals surface area contributed by atoms with Gasteiger partial charge in [0.15, 0.2) is 11.5 Å². The number of hydrogen-bond donors (Lipinski definition) is 2. The maximum Gasteiger partial charge on any atom is 0.255 e. The maximum atomic E-state index is 11.8. The lowest BCUT2D eigenvalue weighted by Gasteiger charge is -2.09. The molecule has 100 valence electrons. The molecule has 0 unspecified atom stereocenters. The van der Waals surface area contributed by atoms with Gasteiger partial charge in [0.1, 0.15) is 0 Å². The Kier molecular flexibility index (Phi) is 6.32. The summed E-state index contributed by atoms with van der Waals surface area (Å²) in [4.78, 5) is 11.8. The van der Waals surface area contributed by atoms with Gasteiger partial charge in [-0.3, -0.25) is 4.79 Å². The number of phenolic OH excluding ortho intramolecular Hbond substituents is 1. The normalized spacial score (nSPS) is 10.1. The molecule has 0 fully saturated rings. The molecule has 0 aromatic heterocycles. The molecule has 0 saturated heterocycles. The van der Waals surface area contributed by atoms with Gasteiger partial charge in [-0.1, -0.05) is 6.07 Å². The van der Waals surface area contributed by atoms with Crippen molar-refractivity contribution in [3.8, 4) is 11.5 Å². The van der Waals surface area contributed by atoms with Crippen LogP contribution in [0.25, 0.3) is 0 Å². The van der Waals surface area contributed by atoms with Crippen molar-refractivity contribution in [1.29, 1.82) is 0 Å². The molecule has 1 aromatic rings. The van der Waals surface area contributed by atoms with Gasteiger partial charge >= 0.3 is 0 Å². The maximum absolute atomic E-state index is 11.8. The van der Waals surface area contributed by atoms with Gasteiger partial charge in [-0.15, -0.1) is 11.6 Å². The number of aromatic hydroxyl groups is 1. The highest BCUT2D eigenvalue weighted by Gasteiger charge is 2.13. The third-order valence-corrected chi connectivity index (χ3v) is 2.37. The first-order valence-electron chi connectivity index (χ1n) is 5.48. The number of amides is 1. The smallest absolute Gasteiger partial charge is 0.255 e. The molecular formula is C12H16ClNO4. The van der Waals surface area contributed by atoms with E-state index in [1.165, 1.54) is 13.2 Å². The first-order chi connectivity index (χ1) is 8.70. The summed E-state index contributed by atoms with van der Waals surface area (Å²) >= 11 is 5.43. The zero-order valence-electron chi connectivity index (χ0n) is 10.1. The van der Waals surface area contributed by atoms with Crippen LogP contribution in [-0.4, -0.2) is 43.8 Å². The molecule has 0 aliphatic heterocycles. The Morgan fingerprint density at radius 2 is 2.22 bits per heavy atom. The minimum Gasteiger partial charge on any atom is -0.504 e. The number of phenols is 1. The Balaban J connectivity index is 2.51. The second-order valence-electron chi connectivity index (χ2n) is 3.41. The predicted molar refractivity (Wildman–Crippen MR) is 68.5 cm³/mol. The molecule has 0 heterocycles. The van der Waals surface area contributed by atoms with Crippen LogP contribution in [-0.2, 0) is 4.74 Å². The molecule has 0 spiro atoms. The van der Waals surface area contributed by atoms with Gasteiger partial charge < -0.3 is 19.9 Å². The van der Waals surface area contributed by atoms with Crippen molar-refractivity contribution >= 4 is 17.5 Å². The number of para-hydroxylation sites is 1. The Morgan fingerprint density at radius 1 is 1.44 bits per heavy atom. The Hall–Kier alpha value is -1.46. The van der Waals surface area contributed by atoms with E-state index in [1.807, 2.05) is 0 Å². The van der Waals surface area contributed by atoms with Crippen LogP contribution in [0.3, 0.4) is 0 Å². The lowest BCUT2D eigenvalue weighted by atomic mass is 10.1. The van der Waals surface area contributed by atoms with Crippen molar-refractivity contribution in [2.45, 2.75) is 0 Å². The van der Waals surface area contributed by atoms with Gasteiger partial charge in [0.25, 0.3) is 5.91 Å². The average Bonchev–Trinajstić information content (AvgIpc) is 2.38. The summed E-state index contributed by atoms with van der Waals surface area (Å²) in [6, 6.07) is 4.74. The third kappa shape index (κ3) is 4.09. The number of carbonyl (C=O) groups excluding carboxylic acids is 1. The largest absolute Gasteiger partial charge is 0.504 e. The number of carbonyl (C=O) groups is 1. The number of methoxy groups -OCH3 is 1. The fourth-order valence-corrected chi connectivity index (χ4v) is 1.47. The summed E-state index contributed by atoms with van der Waals surface area (Å²) in [7, 11) is 1.43. The zero-order chi connectivity index (χ0) is 13.4. The Labute approximate surface area is 111 Å². The number of benzene rings is 1. The molecule has 1 amide bonds. The Morgan fingerprint density at radius 3 is 2.89 bits per heavy atom. The molecule has 0 radical (unpaired) electrons. The molecule has 0 aliphatic rings. The molecule has 0 atom stereocenters. The monoisotopic (exact) mass is 273 g/mol. The molecule has 2 N–H and O–H groups in total. The average molecular weight is 274 g/mol. The molecule has 1 aromatic carbocycles. The van der Waals surface area contributed by atoms with Crippen molar-refractivity contribution < 1.29 is 19.4 Å². The van der Waals surface area contributed by atoms with Crippen molar-refractivity contribution in [3.63, 3.8) is 0 Å². The van der Waals surface area contributed by atoms with Crippen LogP contribution < -0.4 is 10.1 Å². The first-order valence-corrected chi connectivity index (χ1v) is 6.02. The van der Waals surface area contributed by atoms with Crippen molar-refractivity contribution in [2.75, 3.05) is 32.7 Å². The number of ether oxygens (including phenoxy) is 2. The Bertz CT molecular complexity index is 398. The standard InChI is InChI=1S/C12H16ClNO4/c1-17-10-4-2-3-9(11(10)15)12(16)14-6-8-18-7-5-13/h2-4,15H,5-8H2,1H3,(H,14,16). The summed E-state index contributed by atoms with van der Waals surface area (Å²) in [6.45, 7) is 1.18. The fourth-order valence-electron chi connectivity index (χ4n) is 1.36. The van der Waals surface area contributed by atoms with E-state index in [-0.39, 0.29) is 23.0 Å². The molecule has 0 bridgehead atoms. The fraction of sp³-hybridized carbons (Fsp3) is 0.417. The van der Waals surface area contributed by atoms with E-state index in [0.29, 0.717) is 25.6 Å². The highest BCUT2D eigenvalue weighted by molar-refractivity contribution is 6.17. The minimum absolute atomic E-state index is 0.167. The van der Waals surface area contributed by atoms with E-state index >= 15 is 0 Å². The number of rotatable bonds is 7. The predicted octanol–water partition coefficient (Wildman–Crippen LogP) is 1.39. The summed E-state index contributed by atoms with van der Waals surface area (Å²) in [6.07, 6.45) is 0. The summed E-state index contributed by atoms with van der Waals surface area (Å²) < 4.78 is 10.0. The molecule has 18 heavy (non-hydrogen) atoms. The van der Waals surface area contributed by atoms with Crippen LogP contribution in [0.5, 0.6) is 11.5 Å². The van der Waals surface area contributed by atoms with Crippen LogP contribution in [0.2, 0.25) is 0 Å². The van der Waals surface area contributed by atoms with Gasteiger partial charge in [-0.05, 0) is 12.1 Å². The topological polar surface area (TPSA) is 67.8 Å². The van der Waals surface area contributed by atoms with Crippen LogP contribution in [0.1, 0.15) is 10.4 Å². The van der Waals surface area contributed by atoms with Crippen LogP contribution in [0, 0.1) is 0 Å². The van der Waals surface area contributed by atoms with Crippen molar-refractivity contribution in [3.05, 3.63) is 23.8 Å². The molecular weight excluding hydrogens is 258 g/mol. The lowest BCUT2D eigenvalue weighted by Crippen LogP contribution is -2.27. The van der Waals surface area contributed by atoms with Crippen LogP contribution >= 0.6 is 11.6 Å². The van der Waals surface area contributed by atoms with Crippen LogP contribution in [0.4, 0.5) is 0 Å². The number of nitrogens with one attached hydrogen (secondary N) is 1. The zero-order valence-corrected chi connectivity index (χ0v) is 10.9. The van der Waals surface area contributed by atoms with Gasteiger partial charge in [0, 0.05) is 12.4 Å². The SMILES string of the molecule is COc1cccc(C(=O)NCCOCCCl)c1O. The van der Waals surface area contributed by atoms with Gasteiger partial charge in [-0.2, -0.15) is 0 Å². The van der Waals surface area contributed by atoms with E-state index in [4.69, 9.17) is 21.1 Å². The highest BCUT2D eigenvalue weighted by atomic mass is 35.5. The van der Waals surface area contributed by atoms with Gasteiger partial charge in [0.05, 0.1) is 25.9 Å². The van der Waals surface area contributed by atoms with Crippen molar-refractivity contribution in [2.24, 2.45) is 0 Å². The minimum atomic E-state index is -0.374. The lowest BCUT2D eigenvalue weighted by molar-refractivity contribution is 0.0920. The molecule has 1 rings (SSSR count). The van der Waals surface area contributed by atoms with E-state index in [0.717, 1.165) is 0 Å². The molecule has 5 nitrogen and oxygen atoms in total. The summed E-state index contributed by atoms with van der Waals surface area (Å²) in [5.41, 5.74) is 0.173. The second-order valence-corrected chi connectivity index (χ2v) is 3.79. The third-order valence-electron chi connectivity index (χ3n) is 2.22. The van der Waals surface area contributed by atoms with E-state index in [1.54, 1.807) is 12.1 Å². The van der Waals surface area contributed by atoms with E-state index < -0.39 is 0 Å². The number of halogens is 1. The highest BCUT2D eigenvalue weighted by Crippen LogP contribution is 2.28.